The van der Waals surface area contributed by atoms with E-state index in [2.05, 4.69) is 5.32 Å². The van der Waals surface area contributed by atoms with Crippen LogP contribution in [0.1, 0.15) is 28.8 Å². The normalized spacial score (nSPS) is 21.0. The van der Waals surface area contributed by atoms with Crippen molar-refractivity contribution in [2.45, 2.75) is 37.5 Å². The van der Waals surface area contributed by atoms with Gasteiger partial charge in [-0.3, -0.25) is 14.4 Å². The predicted octanol–water partition coefficient (Wildman–Crippen LogP) is 2.15. The van der Waals surface area contributed by atoms with Gasteiger partial charge in [0.2, 0.25) is 11.8 Å². The molecule has 0 saturated carbocycles. The predicted molar refractivity (Wildman–Crippen MR) is 172 cm³/mol. The third-order valence-electron chi connectivity index (χ3n) is 7.93. The first-order valence-corrected chi connectivity index (χ1v) is 15.7. The first kappa shape index (κ1) is 34.5. The first-order valence-electron chi connectivity index (χ1n) is 14.6. The van der Waals surface area contributed by atoms with Gasteiger partial charge in [-0.15, -0.1) is 0 Å². The Labute approximate surface area is 275 Å². The van der Waals surface area contributed by atoms with Gasteiger partial charge >= 0.3 is 0 Å². The van der Waals surface area contributed by atoms with Crippen molar-refractivity contribution in [2.24, 2.45) is 5.92 Å². The molecule has 4 atom stereocenters. The zero-order chi connectivity index (χ0) is 32.5. The fourth-order valence-electron chi connectivity index (χ4n) is 5.56. The number of hydrogen-bond acceptors (Lipinski definition) is 10. The highest BCUT2D eigenvalue weighted by Crippen LogP contribution is 2.37. The van der Waals surface area contributed by atoms with Crippen molar-refractivity contribution in [3.8, 4) is 23.0 Å². The van der Waals surface area contributed by atoms with Crippen molar-refractivity contribution in [1.82, 2.24) is 10.2 Å². The summed E-state index contributed by atoms with van der Waals surface area (Å²) < 4.78 is 28.8. The van der Waals surface area contributed by atoms with Crippen LogP contribution in [-0.4, -0.2) is 106 Å². The Morgan fingerprint density at radius 3 is 2.56 bits per heavy atom. The van der Waals surface area contributed by atoms with Gasteiger partial charge in [-0.1, -0.05) is 0 Å². The molecule has 4 rings (SSSR count). The smallest absolute Gasteiger partial charge is 0.247 e. The van der Waals surface area contributed by atoms with Gasteiger partial charge in [-0.2, -0.15) is 0 Å². The van der Waals surface area contributed by atoms with Crippen molar-refractivity contribution in [3.05, 3.63) is 56.7 Å². The maximum absolute atomic E-state index is 14.1. The third-order valence-corrected chi connectivity index (χ3v) is 8.73. The molecule has 13 heteroatoms. The highest BCUT2D eigenvalue weighted by atomic mass is 127. The zero-order valence-electron chi connectivity index (χ0n) is 25.5. The summed E-state index contributed by atoms with van der Waals surface area (Å²) in [6.07, 6.45) is 0.877. The summed E-state index contributed by atoms with van der Waals surface area (Å²) in [5.74, 6) is 0.770. The lowest BCUT2D eigenvalue weighted by Gasteiger charge is -2.41. The van der Waals surface area contributed by atoms with Crippen LogP contribution < -0.4 is 24.3 Å². The topological polar surface area (TPSA) is 153 Å². The van der Waals surface area contributed by atoms with Crippen molar-refractivity contribution >= 4 is 40.7 Å². The third kappa shape index (κ3) is 8.26. The summed E-state index contributed by atoms with van der Waals surface area (Å²) in [7, 11) is 4.57. The molecule has 1 aliphatic carbocycles. The van der Waals surface area contributed by atoms with Gasteiger partial charge < -0.3 is 44.1 Å². The number of aliphatic hydroxyl groups excluding tert-OH is 2. The van der Waals surface area contributed by atoms with E-state index < -0.39 is 30.1 Å². The molecule has 4 unspecified atom stereocenters. The van der Waals surface area contributed by atoms with Crippen LogP contribution in [0.4, 0.5) is 0 Å². The molecule has 0 bridgehead atoms. The van der Waals surface area contributed by atoms with Crippen LogP contribution >= 0.6 is 22.6 Å². The minimum absolute atomic E-state index is 0.0332. The molecule has 0 radical (unpaired) electrons. The molecule has 2 aliphatic rings. The van der Waals surface area contributed by atoms with Crippen molar-refractivity contribution in [1.29, 1.82) is 0 Å². The van der Waals surface area contributed by atoms with Gasteiger partial charge in [0, 0.05) is 37.3 Å². The maximum Gasteiger partial charge on any atom is 0.247 e. The summed E-state index contributed by atoms with van der Waals surface area (Å²) in [5.41, 5.74) is 1.48. The standard InChI is InChI=1S/C32H39IN2O10/c1-41-23-4-5-26(42-2)20(14-23)6-9-35(32(40)21-7-11-44-18-21)25-15-22(31(39)34-8-10-36)16-27(29(25)38)45-30-24(33)12-19(17-37)13-28(30)43-3/h4-5,12-14,16-17,21,25,27,29,36,38H,6-11,15,18H2,1-3H3,(H,34,39). The Kier molecular flexibility index (Phi) is 12.4. The fourth-order valence-corrected chi connectivity index (χ4v) is 6.31. The molecule has 2 aromatic rings. The lowest BCUT2D eigenvalue weighted by atomic mass is 9.87. The van der Waals surface area contributed by atoms with Crippen LogP contribution in [0.25, 0.3) is 0 Å². The van der Waals surface area contributed by atoms with E-state index in [4.69, 9.17) is 23.7 Å². The Bertz CT molecular complexity index is 1390. The molecule has 2 amide bonds. The lowest BCUT2D eigenvalue weighted by Crippen LogP contribution is -2.56. The number of ether oxygens (including phenoxy) is 5. The second-order valence-electron chi connectivity index (χ2n) is 10.7. The molecule has 45 heavy (non-hydrogen) atoms. The number of carbonyl (C=O) groups excluding carboxylic acids is 3. The van der Waals surface area contributed by atoms with E-state index in [1.54, 1.807) is 37.3 Å². The second-order valence-corrected chi connectivity index (χ2v) is 11.9. The molecule has 0 spiro atoms. The molecule has 2 aromatic carbocycles. The number of benzene rings is 2. The van der Waals surface area contributed by atoms with E-state index in [0.717, 1.165) is 5.56 Å². The second kappa shape index (κ2) is 16.2. The number of aldehydes is 1. The highest BCUT2D eigenvalue weighted by Gasteiger charge is 2.42. The number of halogens is 1. The average molecular weight is 739 g/mol. The summed E-state index contributed by atoms with van der Waals surface area (Å²) in [4.78, 5) is 40.3. The maximum atomic E-state index is 14.1. The van der Waals surface area contributed by atoms with Gasteiger partial charge in [0.15, 0.2) is 11.5 Å². The van der Waals surface area contributed by atoms with E-state index in [-0.39, 0.29) is 50.1 Å². The zero-order valence-corrected chi connectivity index (χ0v) is 27.7. The average Bonchev–Trinajstić information content (AvgIpc) is 3.60. The molecule has 244 valence electrons. The van der Waals surface area contributed by atoms with Crippen molar-refractivity contribution in [2.75, 3.05) is 54.2 Å². The van der Waals surface area contributed by atoms with Gasteiger partial charge in [0.1, 0.15) is 30.0 Å². The Hall–Kier alpha value is -3.40. The molecule has 12 nitrogen and oxygen atoms in total. The molecular weight excluding hydrogens is 699 g/mol. The lowest BCUT2D eigenvalue weighted by molar-refractivity contribution is -0.142. The van der Waals surface area contributed by atoms with E-state index in [1.165, 1.54) is 19.3 Å². The minimum atomic E-state index is -1.25. The summed E-state index contributed by atoms with van der Waals surface area (Å²) in [6.45, 7) is 0.701. The molecule has 1 saturated heterocycles. The molecule has 1 fully saturated rings. The number of nitrogens with zero attached hydrogens (tertiary/aromatic N) is 1. The van der Waals surface area contributed by atoms with E-state index in [0.29, 0.717) is 51.9 Å². The van der Waals surface area contributed by atoms with Crippen molar-refractivity contribution in [3.63, 3.8) is 0 Å². The monoisotopic (exact) mass is 738 g/mol. The van der Waals surface area contributed by atoms with Crippen LogP contribution in [0.3, 0.4) is 0 Å². The number of rotatable bonds is 14. The van der Waals surface area contributed by atoms with Crippen LogP contribution in [0.5, 0.6) is 23.0 Å². The van der Waals surface area contributed by atoms with E-state index in [9.17, 15) is 24.6 Å². The minimum Gasteiger partial charge on any atom is -0.497 e. The summed E-state index contributed by atoms with van der Waals surface area (Å²) >= 11 is 2.01. The molecule has 0 aromatic heterocycles. The number of aliphatic hydroxyl groups is 2. The fraction of sp³-hybridized carbons (Fsp3) is 0.469. The van der Waals surface area contributed by atoms with Gasteiger partial charge in [-0.25, -0.2) is 0 Å². The van der Waals surface area contributed by atoms with Gasteiger partial charge in [0.25, 0.3) is 0 Å². The Morgan fingerprint density at radius 2 is 1.91 bits per heavy atom. The molecule has 1 heterocycles. The van der Waals surface area contributed by atoms with Crippen LogP contribution in [-0.2, 0) is 20.7 Å². The highest BCUT2D eigenvalue weighted by molar-refractivity contribution is 14.1. The van der Waals surface area contributed by atoms with Crippen molar-refractivity contribution < 1.29 is 48.3 Å². The quantitative estimate of drug-likeness (QED) is 0.194. The van der Waals surface area contributed by atoms with Crippen LogP contribution in [0, 0.1) is 9.49 Å². The Balaban J connectivity index is 1.72. The van der Waals surface area contributed by atoms with Crippen LogP contribution in [0.2, 0.25) is 0 Å². The van der Waals surface area contributed by atoms with E-state index in [1.807, 2.05) is 28.7 Å². The van der Waals surface area contributed by atoms with Gasteiger partial charge in [-0.05, 0) is 77.4 Å². The molecule has 1 aliphatic heterocycles. The summed E-state index contributed by atoms with van der Waals surface area (Å²) in [6, 6.07) is 7.71. The number of methoxy groups -OCH3 is 3. The van der Waals surface area contributed by atoms with Gasteiger partial charge in [0.05, 0.1) is 50.1 Å². The Morgan fingerprint density at radius 1 is 1.13 bits per heavy atom. The summed E-state index contributed by atoms with van der Waals surface area (Å²) in [5, 5.41) is 23.8. The largest absolute Gasteiger partial charge is 0.497 e. The number of nitrogens with one attached hydrogen (secondary N) is 1. The van der Waals surface area contributed by atoms with Crippen LogP contribution in [0.15, 0.2) is 42.0 Å². The SMILES string of the molecule is COc1ccc(OC)c(CCN(C(=O)C2CCOC2)C2CC(C(=O)NCCO)=CC(Oc3c(I)cc(C=O)cc3OC)C2O)c1. The molecular formula is C32H39IN2O10. The number of carbonyl (C=O) groups is 3. The first-order chi connectivity index (χ1) is 21.7. The number of hydrogen-bond donors (Lipinski definition) is 3. The van der Waals surface area contributed by atoms with E-state index >= 15 is 0 Å². The molecule has 3 N–H and O–H groups in total. The number of amides is 2.